The Bertz CT molecular complexity index is 203. The lowest BCUT2D eigenvalue weighted by Gasteiger charge is -2.32. The summed E-state index contributed by atoms with van der Waals surface area (Å²) in [6.45, 7) is 6.55. The molecule has 0 radical (unpaired) electrons. The second-order valence-corrected chi connectivity index (χ2v) is 3.84. The largest absolute Gasteiger partial charge is 0.119 e. The van der Waals surface area contributed by atoms with Gasteiger partial charge >= 0.3 is 0 Å². The third-order valence-corrected chi connectivity index (χ3v) is 2.79. The highest BCUT2D eigenvalue weighted by Gasteiger charge is 2.39. The highest BCUT2D eigenvalue weighted by atomic mass is 14.4. The van der Waals surface area contributed by atoms with E-state index in [0.29, 0.717) is 0 Å². The molecule has 10 heavy (non-hydrogen) atoms. The molecule has 1 aliphatic carbocycles. The quantitative estimate of drug-likeness (QED) is 0.353. The molecule has 1 rings (SSSR count). The first-order valence-corrected chi connectivity index (χ1v) is 3.67. The summed E-state index contributed by atoms with van der Waals surface area (Å²) in [5.41, 5.74) is 0.231. The van der Waals surface area contributed by atoms with Gasteiger partial charge in [0.05, 0.1) is 5.41 Å². The number of rotatable bonds is 0. The number of terminal acetylenes is 1. The third kappa shape index (κ3) is 0.778. The number of hydrogen-bond acceptors (Lipinski definition) is 0. The fraction of sp³-hybridized carbons (Fsp3) is 0.600. The van der Waals surface area contributed by atoms with Gasteiger partial charge in [0.15, 0.2) is 0 Å². The lowest BCUT2D eigenvalue weighted by atomic mass is 9.70. The zero-order valence-corrected chi connectivity index (χ0v) is 6.94. The van der Waals surface area contributed by atoms with E-state index < -0.39 is 0 Å². The Labute approximate surface area is 63.3 Å². The van der Waals surface area contributed by atoms with Crippen LogP contribution in [-0.2, 0) is 0 Å². The summed E-state index contributed by atoms with van der Waals surface area (Å²) in [6, 6.07) is 0. The Hall–Kier alpha value is -0.700. The summed E-state index contributed by atoms with van der Waals surface area (Å²) in [5.74, 6) is 2.84. The molecule has 0 bridgehead atoms. The van der Waals surface area contributed by atoms with Gasteiger partial charge in [-0.15, -0.1) is 6.42 Å². The van der Waals surface area contributed by atoms with E-state index in [9.17, 15) is 0 Å². The van der Waals surface area contributed by atoms with Crippen LogP contribution < -0.4 is 0 Å². The van der Waals surface area contributed by atoms with Gasteiger partial charge in [0.1, 0.15) is 0 Å². The van der Waals surface area contributed by atoms with E-state index in [4.69, 9.17) is 6.42 Å². The molecule has 0 N–H and O–H groups in total. The maximum atomic E-state index is 5.44. The standard InChI is InChI=1S/C10H14/c1-5-10(4)8-6-7-9(10,2)3/h1,6,8H,7H2,2-4H3. The Morgan fingerprint density at radius 1 is 1.40 bits per heavy atom. The molecule has 0 aromatic carbocycles. The summed E-state index contributed by atoms with van der Waals surface area (Å²) in [4.78, 5) is 0. The second kappa shape index (κ2) is 1.89. The molecular weight excluding hydrogens is 120 g/mol. The van der Waals surface area contributed by atoms with Crippen LogP contribution >= 0.6 is 0 Å². The van der Waals surface area contributed by atoms with Crippen LogP contribution in [0.3, 0.4) is 0 Å². The summed E-state index contributed by atoms with van der Waals surface area (Å²) in [6.07, 6.45) is 10.9. The summed E-state index contributed by atoms with van der Waals surface area (Å²) in [5, 5.41) is 0. The van der Waals surface area contributed by atoms with E-state index in [1.807, 2.05) is 0 Å². The van der Waals surface area contributed by atoms with E-state index in [0.717, 1.165) is 6.42 Å². The normalized spacial score (nSPS) is 35.8. The van der Waals surface area contributed by atoms with E-state index in [1.54, 1.807) is 0 Å². The second-order valence-electron chi connectivity index (χ2n) is 3.84. The minimum atomic E-state index is -0.0208. The van der Waals surface area contributed by atoms with Gasteiger partial charge in [-0.2, -0.15) is 0 Å². The van der Waals surface area contributed by atoms with Crippen molar-refractivity contribution in [3.63, 3.8) is 0 Å². The highest BCUT2D eigenvalue weighted by molar-refractivity contribution is 5.25. The average Bonchev–Trinajstić information content (AvgIpc) is 2.10. The summed E-state index contributed by atoms with van der Waals surface area (Å²) < 4.78 is 0. The van der Waals surface area contributed by atoms with Crippen LogP contribution in [0.4, 0.5) is 0 Å². The smallest absolute Gasteiger partial charge is 0.0516 e. The maximum Gasteiger partial charge on any atom is 0.0516 e. The summed E-state index contributed by atoms with van der Waals surface area (Å²) >= 11 is 0. The molecular formula is C10H14. The van der Waals surface area contributed by atoms with Gasteiger partial charge in [0.2, 0.25) is 0 Å². The SMILES string of the molecule is C#CC1(C)C=CCC1(C)C. The fourth-order valence-electron chi connectivity index (χ4n) is 1.27. The maximum absolute atomic E-state index is 5.44. The summed E-state index contributed by atoms with van der Waals surface area (Å²) in [7, 11) is 0. The predicted molar refractivity (Wildman–Crippen MR) is 44.5 cm³/mol. The topological polar surface area (TPSA) is 0 Å². The Balaban J connectivity index is 2.99. The molecule has 1 unspecified atom stereocenters. The molecule has 54 valence electrons. The van der Waals surface area contributed by atoms with E-state index >= 15 is 0 Å². The van der Waals surface area contributed by atoms with Crippen molar-refractivity contribution in [3.8, 4) is 12.3 Å². The lowest BCUT2D eigenvalue weighted by molar-refractivity contribution is 0.235. The lowest BCUT2D eigenvalue weighted by Crippen LogP contribution is -2.27. The zero-order chi connectivity index (χ0) is 7.83. The Morgan fingerprint density at radius 3 is 2.20 bits per heavy atom. The van der Waals surface area contributed by atoms with Crippen LogP contribution in [0, 0.1) is 23.2 Å². The van der Waals surface area contributed by atoms with E-state index in [2.05, 4.69) is 38.8 Å². The molecule has 0 spiro atoms. The molecule has 0 saturated carbocycles. The third-order valence-electron chi connectivity index (χ3n) is 2.79. The molecule has 0 aromatic heterocycles. The monoisotopic (exact) mass is 134 g/mol. The van der Waals surface area contributed by atoms with Crippen molar-refractivity contribution in [3.05, 3.63) is 12.2 Å². The van der Waals surface area contributed by atoms with Crippen molar-refractivity contribution >= 4 is 0 Å². The van der Waals surface area contributed by atoms with Crippen LogP contribution in [0.25, 0.3) is 0 Å². The van der Waals surface area contributed by atoms with Gasteiger partial charge in [0.25, 0.3) is 0 Å². The van der Waals surface area contributed by atoms with Crippen molar-refractivity contribution in [1.29, 1.82) is 0 Å². The molecule has 0 amide bonds. The van der Waals surface area contributed by atoms with Crippen molar-refractivity contribution in [2.24, 2.45) is 10.8 Å². The van der Waals surface area contributed by atoms with Crippen LogP contribution in [0.1, 0.15) is 27.2 Å². The van der Waals surface area contributed by atoms with E-state index in [-0.39, 0.29) is 10.8 Å². The van der Waals surface area contributed by atoms with Gasteiger partial charge in [-0.25, -0.2) is 0 Å². The predicted octanol–water partition coefficient (Wildman–Crippen LogP) is 2.61. The van der Waals surface area contributed by atoms with Crippen molar-refractivity contribution < 1.29 is 0 Å². The zero-order valence-electron chi connectivity index (χ0n) is 6.94. The van der Waals surface area contributed by atoms with Crippen molar-refractivity contribution in [2.45, 2.75) is 27.2 Å². The number of hydrogen-bond donors (Lipinski definition) is 0. The van der Waals surface area contributed by atoms with Gasteiger partial charge in [-0.05, 0) is 18.8 Å². The van der Waals surface area contributed by atoms with E-state index in [1.165, 1.54) is 0 Å². The van der Waals surface area contributed by atoms with Crippen LogP contribution in [-0.4, -0.2) is 0 Å². The first-order valence-electron chi connectivity index (χ1n) is 3.67. The Kier molecular flexibility index (Phi) is 1.40. The minimum absolute atomic E-state index is 0.0208. The molecule has 0 aliphatic heterocycles. The molecule has 1 aliphatic rings. The van der Waals surface area contributed by atoms with Crippen molar-refractivity contribution in [2.75, 3.05) is 0 Å². The fourth-order valence-corrected chi connectivity index (χ4v) is 1.27. The van der Waals surface area contributed by atoms with Crippen LogP contribution in [0.5, 0.6) is 0 Å². The van der Waals surface area contributed by atoms with Crippen LogP contribution in [0.15, 0.2) is 12.2 Å². The molecule has 0 nitrogen and oxygen atoms in total. The molecule has 1 atom stereocenters. The first kappa shape index (κ1) is 7.41. The van der Waals surface area contributed by atoms with Gasteiger partial charge in [-0.3, -0.25) is 0 Å². The minimum Gasteiger partial charge on any atom is -0.119 e. The van der Waals surface area contributed by atoms with Gasteiger partial charge < -0.3 is 0 Å². The first-order chi connectivity index (χ1) is 4.52. The van der Waals surface area contributed by atoms with Crippen molar-refractivity contribution in [1.82, 2.24) is 0 Å². The molecule has 0 heterocycles. The van der Waals surface area contributed by atoms with Gasteiger partial charge in [0, 0.05) is 0 Å². The molecule has 0 heteroatoms. The molecule has 0 fully saturated rings. The number of allylic oxidation sites excluding steroid dienone is 2. The highest BCUT2D eigenvalue weighted by Crippen LogP contribution is 2.47. The molecule has 0 saturated heterocycles. The average molecular weight is 134 g/mol. The van der Waals surface area contributed by atoms with Gasteiger partial charge in [-0.1, -0.05) is 31.9 Å². The van der Waals surface area contributed by atoms with Crippen LogP contribution in [0.2, 0.25) is 0 Å². The molecule has 0 aromatic rings. The Morgan fingerprint density at radius 2 is 2.00 bits per heavy atom.